The zero-order valence-electron chi connectivity index (χ0n) is 5.25. The number of carbonyl (C=O) groups is 1. The highest BCUT2D eigenvalue weighted by atomic mass is 16.5. The first-order valence-corrected chi connectivity index (χ1v) is 3.07. The van der Waals surface area contributed by atoms with Crippen LogP contribution in [-0.4, -0.2) is 10.9 Å². The van der Waals surface area contributed by atoms with E-state index in [0.717, 1.165) is 0 Å². The van der Waals surface area contributed by atoms with Gasteiger partial charge in [0.2, 0.25) is 5.76 Å². The van der Waals surface area contributed by atoms with E-state index in [9.17, 15) is 4.79 Å². The molecule has 2 bridgehead atoms. The lowest BCUT2D eigenvalue weighted by Gasteiger charge is -1.80. The largest absolute Gasteiger partial charge is 0.480 e. The van der Waals surface area contributed by atoms with E-state index in [1.54, 1.807) is 0 Å². The van der Waals surface area contributed by atoms with Crippen LogP contribution in [-0.2, 0) is 0 Å². The SMILES string of the molecule is O=C1c2cc3c(O)oc1c3o2. The van der Waals surface area contributed by atoms with E-state index in [-0.39, 0.29) is 23.3 Å². The van der Waals surface area contributed by atoms with Gasteiger partial charge in [0.1, 0.15) is 5.39 Å². The Hall–Kier alpha value is -1.71. The highest BCUT2D eigenvalue weighted by molar-refractivity contribution is 6.19. The molecule has 0 spiro atoms. The molecule has 3 heterocycles. The van der Waals surface area contributed by atoms with Crippen molar-refractivity contribution in [1.82, 2.24) is 0 Å². The van der Waals surface area contributed by atoms with Gasteiger partial charge in [0.25, 0.3) is 11.7 Å². The number of carbonyl (C=O) groups excluding carboxylic acids is 1. The minimum Gasteiger partial charge on any atom is -0.480 e. The molecule has 11 heavy (non-hydrogen) atoms. The summed E-state index contributed by atoms with van der Waals surface area (Å²) >= 11 is 0. The van der Waals surface area contributed by atoms with Crippen LogP contribution in [0.2, 0.25) is 0 Å². The number of rotatable bonds is 0. The van der Waals surface area contributed by atoms with Crippen molar-refractivity contribution in [3.63, 3.8) is 0 Å². The second kappa shape index (κ2) is 1.18. The zero-order valence-corrected chi connectivity index (χ0v) is 5.25. The molecule has 0 radical (unpaired) electrons. The van der Waals surface area contributed by atoms with Crippen molar-refractivity contribution in [1.29, 1.82) is 0 Å². The molecular weight excluding hydrogens is 148 g/mol. The van der Waals surface area contributed by atoms with Gasteiger partial charge < -0.3 is 13.9 Å². The number of hydrogen-bond donors (Lipinski definition) is 1. The molecule has 3 rings (SSSR count). The molecule has 0 unspecified atom stereocenters. The third-order valence-electron chi connectivity index (χ3n) is 1.80. The molecule has 1 aliphatic rings. The normalized spacial score (nSPS) is 14.0. The van der Waals surface area contributed by atoms with Gasteiger partial charge in [-0.3, -0.25) is 4.79 Å². The van der Waals surface area contributed by atoms with Crippen molar-refractivity contribution in [3.05, 3.63) is 17.6 Å². The third-order valence-corrected chi connectivity index (χ3v) is 1.80. The average molecular weight is 150 g/mol. The molecule has 4 nitrogen and oxygen atoms in total. The van der Waals surface area contributed by atoms with Crippen molar-refractivity contribution in [2.75, 3.05) is 0 Å². The van der Waals surface area contributed by atoms with E-state index in [1.165, 1.54) is 6.07 Å². The Morgan fingerprint density at radius 1 is 1.36 bits per heavy atom. The van der Waals surface area contributed by atoms with Crippen molar-refractivity contribution < 1.29 is 18.7 Å². The molecule has 4 heteroatoms. The summed E-state index contributed by atoms with van der Waals surface area (Å²) in [5.41, 5.74) is 0.363. The first kappa shape index (κ1) is 5.01. The average Bonchev–Trinajstić information content (AvgIpc) is 2.53. The molecule has 1 aliphatic heterocycles. The van der Waals surface area contributed by atoms with E-state index in [1.807, 2.05) is 0 Å². The van der Waals surface area contributed by atoms with Crippen LogP contribution in [0.3, 0.4) is 0 Å². The van der Waals surface area contributed by atoms with E-state index in [2.05, 4.69) is 0 Å². The van der Waals surface area contributed by atoms with Gasteiger partial charge in [-0.25, -0.2) is 0 Å². The fraction of sp³-hybridized carbons (Fsp3) is 0. The second-order valence-corrected chi connectivity index (χ2v) is 2.42. The van der Waals surface area contributed by atoms with Crippen molar-refractivity contribution in [3.8, 4) is 5.95 Å². The number of ketones is 1. The Bertz CT molecular complexity index is 474. The van der Waals surface area contributed by atoms with E-state index in [0.29, 0.717) is 11.0 Å². The molecule has 0 fully saturated rings. The summed E-state index contributed by atoms with van der Waals surface area (Å²) in [5.74, 6) is -0.160. The summed E-state index contributed by atoms with van der Waals surface area (Å²) < 4.78 is 9.73. The lowest BCUT2D eigenvalue weighted by atomic mass is 10.2. The summed E-state index contributed by atoms with van der Waals surface area (Å²) in [6.07, 6.45) is 0. The summed E-state index contributed by atoms with van der Waals surface area (Å²) in [4.78, 5) is 11.1. The minimum absolute atomic E-state index is 0.120. The highest BCUT2D eigenvalue weighted by Crippen LogP contribution is 2.40. The van der Waals surface area contributed by atoms with Gasteiger partial charge in [0.15, 0.2) is 11.3 Å². The van der Waals surface area contributed by atoms with Gasteiger partial charge in [-0.2, -0.15) is 0 Å². The summed E-state index contributed by atoms with van der Waals surface area (Å²) in [6.45, 7) is 0. The molecule has 54 valence electrons. The molecule has 1 N–H and O–H groups in total. The standard InChI is InChI=1S/C7H2O4/c8-4-3-1-2-5(10-3)6(4)11-7(2)9/h1,9H. The first-order chi connectivity index (χ1) is 5.27. The van der Waals surface area contributed by atoms with Crippen molar-refractivity contribution in [2.45, 2.75) is 0 Å². The van der Waals surface area contributed by atoms with E-state index < -0.39 is 0 Å². The number of aromatic hydroxyl groups is 1. The Labute approximate surface area is 60.0 Å². The van der Waals surface area contributed by atoms with Crippen LogP contribution in [0.1, 0.15) is 16.3 Å². The van der Waals surface area contributed by atoms with Gasteiger partial charge in [0, 0.05) is 6.07 Å². The molecule has 0 saturated heterocycles. The van der Waals surface area contributed by atoms with Crippen LogP contribution in [0, 0.1) is 0 Å². The highest BCUT2D eigenvalue weighted by Gasteiger charge is 2.33. The van der Waals surface area contributed by atoms with Crippen molar-refractivity contribution in [2.24, 2.45) is 0 Å². The molecule has 0 aromatic carbocycles. The molecular formula is C7H2O4. The first-order valence-electron chi connectivity index (χ1n) is 3.07. The van der Waals surface area contributed by atoms with Gasteiger partial charge >= 0.3 is 0 Å². The second-order valence-electron chi connectivity index (χ2n) is 2.42. The smallest absolute Gasteiger partial charge is 0.294 e. The maximum Gasteiger partial charge on any atom is 0.294 e. The maximum absolute atomic E-state index is 11.1. The number of hydrogen-bond acceptors (Lipinski definition) is 4. The topological polar surface area (TPSA) is 63.6 Å². The maximum atomic E-state index is 11.1. The summed E-state index contributed by atoms with van der Waals surface area (Å²) in [6, 6.07) is 1.48. The zero-order chi connectivity index (χ0) is 7.59. The molecule has 0 amide bonds. The number of fused-ring (bicyclic) bond motifs is 1. The van der Waals surface area contributed by atoms with Crippen LogP contribution < -0.4 is 0 Å². The van der Waals surface area contributed by atoms with Gasteiger partial charge in [-0.15, -0.1) is 0 Å². The van der Waals surface area contributed by atoms with Crippen LogP contribution >= 0.6 is 0 Å². The fourth-order valence-corrected chi connectivity index (χ4v) is 1.29. The quantitative estimate of drug-likeness (QED) is 0.524. The van der Waals surface area contributed by atoms with Crippen LogP contribution in [0.4, 0.5) is 0 Å². The molecule has 0 aliphatic carbocycles. The van der Waals surface area contributed by atoms with Crippen molar-refractivity contribution >= 4 is 16.8 Å². The molecule has 0 atom stereocenters. The van der Waals surface area contributed by atoms with Gasteiger partial charge in [-0.05, 0) is 0 Å². The molecule has 2 aromatic heterocycles. The minimum atomic E-state index is -0.284. The van der Waals surface area contributed by atoms with Crippen LogP contribution in [0.25, 0.3) is 11.0 Å². The lowest BCUT2D eigenvalue weighted by molar-refractivity contribution is 0.0996. The third kappa shape index (κ3) is 0.357. The van der Waals surface area contributed by atoms with E-state index in [4.69, 9.17) is 13.9 Å². The fourth-order valence-electron chi connectivity index (χ4n) is 1.29. The van der Waals surface area contributed by atoms with Gasteiger partial charge in [-0.1, -0.05) is 0 Å². The monoisotopic (exact) mass is 150 g/mol. The summed E-state index contributed by atoms with van der Waals surface area (Å²) in [7, 11) is 0. The predicted octanol–water partition coefficient (Wildman–Crippen LogP) is 1.28. The Morgan fingerprint density at radius 2 is 2.18 bits per heavy atom. The predicted molar refractivity (Wildman–Crippen MR) is 33.6 cm³/mol. The molecule has 2 aromatic rings. The summed E-state index contributed by atoms with van der Waals surface area (Å²) in [5, 5.41) is 9.53. The Kier molecular flexibility index (Phi) is 0.539. The number of furan rings is 2. The lowest BCUT2D eigenvalue weighted by Crippen LogP contribution is -1.93. The van der Waals surface area contributed by atoms with E-state index >= 15 is 0 Å². The van der Waals surface area contributed by atoms with Crippen LogP contribution in [0.15, 0.2) is 14.9 Å². The van der Waals surface area contributed by atoms with Crippen LogP contribution in [0.5, 0.6) is 5.95 Å². The Morgan fingerprint density at radius 3 is 2.82 bits per heavy atom. The Balaban J connectivity index is 2.69. The molecule has 0 saturated carbocycles. The van der Waals surface area contributed by atoms with Gasteiger partial charge in [0.05, 0.1) is 0 Å².